The summed E-state index contributed by atoms with van der Waals surface area (Å²) in [4.78, 5) is 29.3. The molecule has 0 radical (unpaired) electrons. The first-order valence-electron chi connectivity index (χ1n) is 10.5. The number of carbonyl (C=O) groups is 2. The van der Waals surface area contributed by atoms with Crippen LogP contribution in [0.3, 0.4) is 0 Å². The fourth-order valence-electron chi connectivity index (χ4n) is 4.01. The lowest BCUT2D eigenvalue weighted by Crippen LogP contribution is -2.52. The minimum atomic E-state index is -0.832. The molecule has 2 fully saturated rings. The van der Waals surface area contributed by atoms with E-state index in [0.717, 1.165) is 24.0 Å². The monoisotopic (exact) mass is 460 g/mol. The average Bonchev–Trinajstić information content (AvgIpc) is 3.55. The smallest absolute Gasteiger partial charge is 0.252 e. The summed E-state index contributed by atoms with van der Waals surface area (Å²) in [5.74, 6) is 0.210. The van der Waals surface area contributed by atoms with Gasteiger partial charge in [0, 0.05) is 30.7 Å². The third kappa shape index (κ3) is 5.05. The van der Waals surface area contributed by atoms with Gasteiger partial charge in [0.25, 0.3) is 5.91 Å². The van der Waals surface area contributed by atoms with Gasteiger partial charge in [-0.25, -0.2) is 0 Å². The standard InChI is InChI=1S/C24H26Cl2N2O3/c1-27(2)21(29)13-20-24(30)28(14-15-6-7-15)22(16-8-10-18(25)11-9-16)23(31-20)17-4-3-5-19(26)12-17/h3-5,8-12,15,20,22-23H,6-7,13-14H2,1-2H3/t20-,22+,23-/m0/s1. The Morgan fingerprint density at radius 1 is 1.06 bits per heavy atom. The van der Waals surface area contributed by atoms with Crippen molar-refractivity contribution >= 4 is 35.0 Å². The van der Waals surface area contributed by atoms with E-state index in [2.05, 4.69) is 0 Å². The van der Waals surface area contributed by atoms with Gasteiger partial charge >= 0.3 is 0 Å². The predicted molar refractivity (Wildman–Crippen MR) is 121 cm³/mol. The Balaban J connectivity index is 1.76. The van der Waals surface area contributed by atoms with Gasteiger partial charge in [-0.2, -0.15) is 0 Å². The van der Waals surface area contributed by atoms with E-state index in [1.165, 1.54) is 4.90 Å². The molecule has 0 spiro atoms. The molecule has 1 saturated heterocycles. The van der Waals surface area contributed by atoms with E-state index in [1.54, 1.807) is 14.1 Å². The van der Waals surface area contributed by atoms with Crippen LogP contribution in [0, 0.1) is 5.92 Å². The number of benzene rings is 2. The number of hydrogen-bond acceptors (Lipinski definition) is 3. The van der Waals surface area contributed by atoms with Crippen LogP contribution < -0.4 is 0 Å². The van der Waals surface area contributed by atoms with Gasteiger partial charge in [-0.05, 0) is 54.2 Å². The van der Waals surface area contributed by atoms with Crippen LogP contribution in [-0.2, 0) is 14.3 Å². The number of rotatable bonds is 6. The van der Waals surface area contributed by atoms with Crippen LogP contribution >= 0.6 is 23.2 Å². The summed E-state index contributed by atoms with van der Waals surface area (Å²) < 4.78 is 6.36. The van der Waals surface area contributed by atoms with Gasteiger partial charge in [-0.3, -0.25) is 9.59 Å². The summed E-state index contributed by atoms with van der Waals surface area (Å²) in [7, 11) is 3.37. The molecule has 1 heterocycles. The number of hydrogen-bond donors (Lipinski definition) is 0. The third-order valence-electron chi connectivity index (χ3n) is 5.89. The summed E-state index contributed by atoms with van der Waals surface area (Å²) >= 11 is 12.4. The molecule has 1 aliphatic carbocycles. The Morgan fingerprint density at radius 2 is 1.77 bits per heavy atom. The summed E-state index contributed by atoms with van der Waals surface area (Å²) in [6, 6.07) is 14.7. The second-order valence-corrected chi connectivity index (χ2v) is 9.40. The quantitative estimate of drug-likeness (QED) is 0.616. The molecule has 2 aromatic carbocycles. The molecule has 0 N–H and O–H groups in total. The minimum Gasteiger partial charge on any atom is -0.357 e. The maximum atomic E-state index is 13.5. The van der Waals surface area contributed by atoms with E-state index < -0.39 is 12.2 Å². The molecule has 3 atom stereocenters. The fourth-order valence-corrected chi connectivity index (χ4v) is 4.34. The average molecular weight is 461 g/mol. The topological polar surface area (TPSA) is 49.9 Å². The first kappa shape index (κ1) is 22.1. The van der Waals surface area contributed by atoms with Gasteiger partial charge in [-0.1, -0.05) is 47.5 Å². The highest BCUT2D eigenvalue weighted by atomic mass is 35.5. The molecule has 2 aromatic rings. The van der Waals surface area contributed by atoms with Crippen molar-refractivity contribution in [2.45, 2.75) is 37.5 Å². The van der Waals surface area contributed by atoms with Crippen molar-refractivity contribution in [2.75, 3.05) is 20.6 Å². The SMILES string of the molecule is CN(C)C(=O)C[C@@H]1O[C@@H](c2cccc(Cl)c2)[C@@H](c2ccc(Cl)cc2)N(CC2CC2)C1=O. The summed E-state index contributed by atoms with van der Waals surface area (Å²) in [6.07, 6.45) is 0.956. The Labute approximate surface area is 192 Å². The summed E-state index contributed by atoms with van der Waals surface area (Å²) in [5.41, 5.74) is 1.82. The number of carbonyl (C=O) groups excluding carboxylic acids is 2. The van der Waals surface area contributed by atoms with Crippen molar-refractivity contribution in [1.82, 2.24) is 9.80 Å². The van der Waals surface area contributed by atoms with Crippen LogP contribution in [0.25, 0.3) is 0 Å². The Bertz CT molecular complexity index is 960. The first-order chi connectivity index (χ1) is 14.8. The molecule has 7 heteroatoms. The molecule has 2 aliphatic rings. The zero-order chi connectivity index (χ0) is 22.1. The lowest BCUT2D eigenvalue weighted by Gasteiger charge is -2.45. The molecule has 4 rings (SSSR count). The van der Waals surface area contributed by atoms with E-state index in [9.17, 15) is 9.59 Å². The molecule has 0 bridgehead atoms. The highest BCUT2D eigenvalue weighted by Gasteiger charge is 2.46. The number of morpholine rings is 1. The molecule has 2 amide bonds. The van der Waals surface area contributed by atoms with Crippen LogP contribution in [0.15, 0.2) is 48.5 Å². The van der Waals surface area contributed by atoms with Gasteiger partial charge < -0.3 is 14.5 Å². The van der Waals surface area contributed by atoms with Crippen LogP contribution in [0.1, 0.15) is 42.5 Å². The van der Waals surface area contributed by atoms with E-state index in [0.29, 0.717) is 22.5 Å². The molecular weight excluding hydrogens is 435 g/mol. The fraction of sp³-hybridized carbons (Fsp3) is 0.417. The second-order valence-electron chi connectivity index (χ2n) is 8.52. The van der Waals surface area contributed by atoms with Gasteiger partial charge in [0.2, 0.25) is 5.91 Å². The van der Waals surface area contributed by atoms with Crippen molar-refractivity contribution in [3.63, 3.8) is 0 Å². The molecule has 1 saturated carbocycles. The van der Waals surface area contributed by atoms with Crippen molar-refractivity contribution in [3.05, 3.63) is 69.7 Å². The second kappa shape index (κ2) is 9.19. The Morgan fingerprint density at radius 3 is 2.39 bits per heavy atom. The predicted octanol–water partition coefficient (Wildman–Crippen LogP) is 4.89. The maximum absolute atomic E-state index is 13.5. The summed E-state index contributed by atoms with van der Waals surface area (Å²) in [5, 5.41) is 1.23. The number of halogens is 2. The lowest BCUT2D eigenvalue weighted by atomic mass is 9.91. The van der Waals surface area contributed by atoms with Crippen LogP contribution in [0.2, 0.25) is 10.0 Å². The largest absolute Gasteiger partial charge is 0.357 e. The lowest BCUT2D eigenvalue weighted by molar-refractivity contribution is -0.178. The van der Waals surface area contributed by atoms with E-state index in [4.69, 9.17) is 27.9 Å². The Kier molecular flexibility index (Phi) is 6.56. The van der Waals surface area contributed by atoms with Crippen LogP contribution in [0.4, 0.5) is 0 Å². The highest BCUT2D eigenvalue weighted by molar-refractivity contribution is 6.30. The third-order valence-corrected chi connectivity index (χ3v) is 6.38. The number of ether oxygens (including phenoxy) is 1. The molecule has 164 valence electrons. The van der Waals surface area contributed by atoms with E-state index in [-0.39, 0.29) is 24.3 Å². The maximum Gasteiger partial charge on any atom is 0.252 e. The molecule has 5 nitrogen and oxygen atoms in total. The van der Waals surface area contributed by atoms with E-state index in [1.807, 2.05) is 53.4 Å². The number of nitrogens with zero attached hydrogens (tertiary/aromatic N) is 2. The zero-order valence-electron chi connectivity index (χ0n) is 17.6. The molecule has 0 aromatic heterocycles. The molecular formula is C24H26Cl2N2O3. The van der Waals surface area contributed by atoms with Crippen LogP contribution in [0.5, 0.6) is 0 Å². The minimum absolute atomic E-state index is 0.0113. The normalized spacial score (nSPS) is 23.7. The van der Waals surface area contributed by atoms with Gasteiger partial charge in [0.1, 0.15) is 12.2 Å². The van der Waals surface area contributed by atoms with Crippen molar-refractivity contribution in [1.29, 1.82) is 0 Å². The summed E-state index contributed by atoms with van der Waals surface area (Å²) in [6.45, 7) is 0.652. The van der Waals surface area contributed by atoms with Gasteiger partial charge in [-0.15, -0.1) is 0 Å². The Hall–Kier alpha value is -2.08. The van der Waals surface area contributed by atoms with Crippen LogP contribution in [-0.4, -0.2) is 48.4 Å². The van der Waals surface area contributed by atoms with E-state index >= 15 is 0 Å². The first-order valence-corrected chi connectivity index (χ1v) is 11.3. The van der Waals surface area contributed by atoms with Gasteiger partial charge in [0.15, 0.2) is 0 Å². The molecule has 0 unspecified atom stereocenters. The van der Waals surface area contributed by atoms with Gasteiger partial charge in [0.05, 0.1) is 12.5 Å². The highest BCUT2D eigenvalue weighted by Crippen LogP contribution is 2.45. The van der Waals surface area contributed by atoms with Crippen molar-refractivity contribution in [2.24, 2.45) is 5.92 Å². The molecule has 1 aliphatic heterocycles. The van der Waals surface area contributed by atoms with Crippen molar-refractivity contribution < 1.29 is 14.3 Å². The number of amides is 2. The van der Waals surface area contributed by atoms with Crippen molar-refractivity contribution in [3.8, 4) is 0 Å². The zero-order valence-corrected chi connectivity index (χ0v) is 19.1. The molecule has 31 heavy (non-hydrogen) atoms.